The number of hydrogen-bond acceptors (Lipinski definition) is 2. The molecule has 3 rings (SSSR count). The second-order valence-electron chi connectivity index (χ2n) is 6.27. The molecule has 114 valence electrons. The molecule has 2 aliphatic rings. The summed E-state index contributed by atoms with van der Waals surface area (Å²) >= 11 is 0. The molecule has 21 heavy (non-hydrogen) atoms. The number of guanidine groups is 1. The molecule has 0 atom stereocenters. The van der Waals surface area contributed by atoms with Crippen LogP contribution in [0.5, 0.6) is 5.75 Å². The molecule has 2 fully saturated rings. The topological polar surface area (TPSA) is 36.9 Å². The van der Waals surface area contributed by atoms with Crippen molar-refractivity contribution in [3.05, 3.63) is 29.8 Å². The van der Waals surface area contributed by atoms with Crippen molar-refractivity contribution in [2.24, 2.45) is 10.4 Å². The summed E-state index contributed by atoms with van der Waals surface area (Å²) in [6.45, 7) is 3.12. The Morgan fingerprint density at radius 1 is 1.29 bits per heavy atom. The molecule has 1 spiro atoms. The average molecular weight is 287 g/mol. The van der Waals surface area contributed by atoms with Gasteiger partial charge in [0.25, 0.3) is 0 Å². The quantitative estimate of drug-likeness (QED) is 0.686. The maximum Gasteiger partial charge on any atom is 0.193 e. The van der Waals surface area contributed by atoms with Gasteiger partial charge in [-0.1, -0.05) is 18.6 Å². The Labute approximate surface area is 127 Å². The molecule has 0 bridgehead atoms. The van der Waals surface area contributed by atoms with Gasteiger partial charge in [0.1, 0.15) is 5.75 Å². The maximum atomic E-state index is 5.19. The molecular formula is C17H25N3O. The lowest BCUT2D eigenvalue weighted by atomic mass is 9.68. The third-order valence-electron chi connectivity index (χ3n) is 4.97. The zero-order valence-electron chi connectivity index (χ0n) is 13.1. The normalized spacial score (nSPS) is 20.5. The Morgan fingerprint density at radius 3 is 2.57 bits per heavy atom. The first-order valence-electron chi connectivity index (χ1n) is 7.83. The molecule has 1 aromatic carbocycles. The molecule has 1 heterocycles. The van der Waals surface area contributed by atoms with E-state index in [-0.39, 0.29) is 0 Å². The summed E-state index contributed by atoms with van der Waals surface area (Å²) in [5.74, 6) is 1.93. The summed E-state index contributed by atoms with van der Waals surface area (Å²) in [4.78, 5) is 6.87. The minimum Gasteiger partial charge on any atom is -0.497 e. The number of benzene rings is 1. The number of nitrogens with zero attached hydrogens (tertiary/aromatic N) is 2. The van der Waals surface area contributed by atoms with Crippen LogP contribution in [0.15, 0.2) is 29.3 Å². The molecule has 1 aliphatic heterocycles. The molecule has 1 saturated carbocycles. The molecule has 1 aromatic rings. The summed E-state index contributed by atoms with van der Waals surface area (Å²) in [6.07, 6.45) is 5.54. The second-order valence-corrected chi connectivity index (χ2v) is 6.27. The minimum atomic E-state index is 0.609. The van der Waals surface area contributed by atoms with E-state index in [0.717, 1.165) is 24.8 Å². The summed E-state index contributed by atoms with van der Waals surface area (Å²) in [6, 6.07) is 8.19. The molecule has 1 aliphatic carbocycles. The van der Waals surface area contributed by atoms with Gasteiger partial charge in [-0.2, -0.15) is 0 Å². The van der Waals surface area contributed by atoms with Crippen LogP contribution >= 0.6 is 0 Å². The van der Waals surface area contributed by atoms with E-state index < -0.39 is 0 Å². The molecule has 0 radical (unpaired) electrons. The molecular weight excluding hydrogens is 262 g/mol. The monoisotopic (exact) mass is 287 g/mol. The highest BCUT2D eigenvalue weighted by Crippen LogP contribution is 2.47. The van der Waals surface area contributed by atoms with Crippen LogP contribution in [0.4, 0.5) is 0 Å². The highest BCUT2D eigenvalue weighted by atomic mass is 16.5. The number of hydrogen-bond donors (Lipinski definition) is 1. The number of aliphatic imine (C=N–C) groups is 1. The van der Waals surface area contributed by atoms with Crippen molar-refractivity contribution in [2.75, 3.05) is 27.2 Å². The van der Waals surface area contributed by atoms with Gasteiger partial charge in [-0.05, 0) is 42.4 Å². The maximum absolute atomic E-state index is 5.19. The minimum absolute atomic E-state index is 0.609. The first kappa shape index (κ1) is 14.2. The Hall–Kier alpha value is -1.71. The van der Waals surface area contributed by atoms with E-state index in [1.54, 1.807) is 7.11 Å². The fourth-order valence-corrected chi connectivity index (χ4v) is 3.46. The van der Waals surface area contributed by atoms with Gasteiger partial charge < -0.3 is 15.0 Å². The standard InChI is InChI=1S/C17H25N3O/c1-18-16(20-11-10-17(13-20)8-3-9-17)19-12-14-4-6-15(21-2)7-5-14/h4-7H,3,8-13H2,1-2H3,(H,18,19). The fraction of sp³-hybridized carbons (Fsp3) is 0.588. The predicted octanol–water partition coefficient (Wildman–Crippen LogP) is 2.65. The van der Waals surface area contributed by atoms with E-state index in [0.29, 0.717) is 5.41 Å². The van der Waals surface area contributed by atoms with Crippen molar-refractivity contribution in [1.82, 2.24) is 10.2 Å². The SMILES string of the molecule is CN=C(NCc1ccc(OC)cc1)N1CCC2(CCC2)C1. The fourth-order valence-electron chi connectivity index (χ4n) is 3.46. The van der Waals surface area contributed by atoms with Crippen molar-refractivity contribution in [2.45, 2.75) is 32.2 Å². The lowest BCUT2D eigenvalue weighted by Crippen LogP contribution is -2.42. The number of likely N-dealkylation sites (tertiary alicyclic amines) is 1. The van der Waals surface area contributed by atoms with Gasteiger partial charge in [-0.15, -0.1) is 0 Å². The molecule has 4 heteroatoms. The lowest BCUT2D eigenvalue weighted by Gasteiger charge is -2.38. The van der Waals surface area contributed by atoms with Crippen LogP contribution in [0.1, 0.15) is 31.2 Å². The van der Waals surface area contributed by atoms with Crippen LogP contribution in [0.25, 0.3) is 0 Å². The average Bonchev–Trinajstić information content (AvgIpc) is 2.94. The van der Waals surface area contributed by atoms with E-state index in [1.165, 1.54) is 37.8 Å². The second kappa shape index (κ2) is 5.96. The van der Waals surface area contributed by atoms with Crippen molar-refractivity contribution in [1.29, 1.82) is 0 Å². The number of nitrogens with one attached hydrogen (secondary N) is 1. The van der Waals surface area contributed by atoms with Gasteiger partial charge in [0.15, 0.2) is 5.96 Å². The Morgan fingerprint density at radius 2 is 2.05 bits per heavy atom. The largest absolute Gasteiger partial charge is 0.497 e. The van der Waals surface area contributed by atoms with Crippen LogP contribution in [-0.4, -0.2) is 38.1 Å². The first-order valence-corrected chi connectivity index (χ1v) is 7.83. The van der Waals surface area contributed by atoms with Crippen LogP contribution in [0.2, 0.25) is 0 Å². The van der Waals surface area contributed by atoms with Gasteiger partial charge in [-0.25, -0.2) is 0 Å². The predicted molar refractivity (Wildman–Crippen MR) is 85.7 cm³/mol. The van der Waals surface area contributed by atoms with Gasteiger partial charge >= 0.3 is 0 Å². The number of ether oxygens (including phenoxy) is 1. The van der Waals surface area contributed by atoms with Crippen LogP contribution in [0, 0.1) is 5.41 Å². The Bertz CT molecular complexity index is 505. The Balaban J connectivity index is 1.55. The van der Waals surface area contributed by atoms with E-state index >= 15 is 0 Å². The molecule has 0 aromatic heterocycles. The van der Waals surface area contributed by atoms with Crippen molar-refractivity contribution >= 4 is 5.96 Å². The third-order valence-corrected chi connectivity index (χ3v) is 4.97. The van der Waals surface area contributed by atoms with E-state index in [2.05, 4.69) is 27.3 Å². The zero-order valence-corrected chi connectivity index (χ0v) is 13.1. The zero-order chi connectivity index (χ0) is 14.7. The highest BCUT2D eigenvalue weighted by molar-refractivity contribution is 5.80. The number of methoxy groups -OCH3 is 1. The van der Waals surface area contributed by atoms with Gasteiger partial charge in [0.2, 0.25) is 0 Å². The highest BCUT2D eigenvalue weighted by Gasteiger charge is 2.43. The molecule has 0 unspecified atom stereocenters. The van der Waals surface area contributed by atoms with Crippen LogP contribution < -0.4 is 10.1 Å². The van der Waals surface area contributed by atoms with Gasteiger partial charge in [-0.3, -0.25) is 4.99 Å². The molecule has 1 N–H and O–H groups in total. The molecule has 4 nitrogen and oxygen atoms in total. The van der Waals surface area contributed by atoms with Gasteiger partial charge in [0, 0.05) is 26.7 Å². The van der Waals surface area contributed by atoms with Crippen LogP contribution in [0.3, 0.4) is 0 Å². The van der Waals surface area contributed by atoms with E-state index in [4.69, 9.17) is 4.74 Å². The summed E-state index contributed by atoms with van der Waals surface area (Å²) < 4.78 is 5.19. The smallest absolute Gasteiger partial charge is 0.193 e. The van der Waals surface area contributed by atoms with Crippen molar-refractivity contribution in [3.8, 4) is 5.75 Å². The Kier molecular flexibility index (Phi) is 4.04. The summed E-state index contributed by atoms with van der Waals surface area (Å²) in [5, 5.41) is 3.49. The van der Waals surface area contributed by atoms with Crippen molar-refractivity contribution in [3.63, 3.8) is 0 Å². The molecule has 1 saturated heterocycles. The first-order chi connectivity index (χ1) is 10.2. The van der Waals surface area contributed by atoms with E-state index in [1.807, 2.05) is 19.2 Å². The number of rotatable bonds is 3. The third kappa shape index (κ3) is 2.99. The van der Waals surface area contributed by atoms with Gasteiger partial charge in [0.05, 0.1) is 7.11 Å². The molecule has 0 amide bonds. The summed E-state index contributed by atoms with van der Waals surface area (Å²) in [5.41, 5.74) is 1.85. The lowest BCUT2D eigenvalue weighted by molar-refractivity contribution is 0.151. The van der Waals surface area contributed by atoms with E-state index in [9.17, 15) is 0 Å². The summed E-state index contributed by atoms with van der Waals surface area (Å²) in [7, 11) is 3.57. The van der Waals surface area contributed by atoms with Crippen LogP contribution in [-0.2, 0) is 6.54 Å². The van der Waals surface area contributed by atoms with Crippen molar-refractivity contribution < 1.29 is 4.74 Å².